The number of rotatable bonds is 9. The Kier molecular flexibility index (Phi) is 6.98. The number of ether oxygens (including phenoxy) is 1. The van der Waals surface area contributed by atoms with Gasteiger partial charge in [0.1, 0.15) is 10.6 Å². The number of aromatic nitrogens is 1. The van der Waals surface area contributed by atoms with Gasteiger partial charge in [0.25, 0.3) is 15.7 Å². The number of sulfonamides is 1. The van der Waals surface area contributed by atoms with Crippen LogP contribution in [-0.2, 0) is 10.0 Å². The minimum atomic E-state index is -4.23. The largest absolute Gasteiger partial charge is 0.497 e. The maximum atomic E-state index is 13.3. The van der Waals surface area contributed by atoms with Crippen LogP contribution in [0.1, 0.15) is 5.56 Å². The summed E-state index contributed by atoms with van der Waals surface area (Å²) in [5, 5.41) is 16.7. The molecule has 0 aliphatic rings. The van der Waals surface area contributed by atoms with Gasteiger partial charge in [0, 0.05) is 34.3 Å². The molecule has 0 bridgehead atoms. The molecule has 4 aromatic carbocycles. The van der Waals surface area contributed by atoms with Crippen molar-refractivity contribution in [1.29, 1.82) is 0 Å². The first kappa shape index (κ1) is 25.5. The van der Waals surface area contributed by atoms with E-state index >= 15 is 0 Å². The summed E-state index contributed by atoms with van der Waals surface area (Å²) in [5.41, 5.74) is 6.25. The number of anilines is 2. The van der Waals surface area contributed by atoms with Crippen LogP contribution in [0.5, 0.6) is 5.75 Å². The molecule has 0 unspecified atom stereocenters. The molecule has 0 saturated heterocycles. The number of para-hydroxylation sites is 1. The molecule has 0 aliphatic carbocycles. The number of nitro benzene ring substituents is 1. The van der Waals surface area contributed by atoms with Crippen molar-refractivity contribution in [2.24, 2.45) is 5.10 Å². The van der Waals surface area contributed by atoms with Crippen LogP contribution >= 0.6 is 0 Å². The number of H-pyrrole nitrogens is 1. The highest BCUT2D eigenvalue weighted by Gasteiger charge is 2.23. The highest BCUT2D eigenvalue weighted by molar-refractivity contribution is 7.92. The van der Waals surface area contributed by atoms with Gasteiger partial charge in [-0.3, -0.25) is 20.3 Å². The SMILES string of the molecule is COc1ccc(NS(=O)(=O)c2cc([N+](=O)[O-])ccc2N/N=C\c2c(-c3ccccc3)[nH]c3ccccc23)cc1. The number of aromatic amines is 1. The molecule has 196 valence electrons. The quantitative estimate of drug-likeness (QED) is 0.119. The Hall–Kier alpha value is -5.16. The highest BCUT2D eigenvalue weighted by Crippen LogP contribution is 2.31. The average molecular weight is 542 g/mol. The Morgan fingerprint density at radius 2 is 1.67 bits per heavy atom. The van der Waals surface area contributed by atoms with Gasteiger partial charge in [0.15, 0.2) is 0 Å². The van der Waals surface area contributed by atoms with Gasteiger partial charge >= 0.3 is 0 Å². The number of non-ortho nitro benzene ring substituents is 1. The molecule has 0 atom stereocenters. The molecule has 11 heteroatoms. The fourth-order valence-corrected chi connectivity index (χ4v) is 5.34. The first-order valence-corrected chi connectivity index (χ1v) is 13.2. The van der Waals surface area contributed by atoms with Crippen molar-refractivity contribution in [1.82, 2.24) is 4.98 Å². The van der Waals surface area contributed by atoms with Crippen molar-refractivity contribution in [3.63, 3.8) is 0 Å². The number of hydrogen-bond donors (Lipinski definition) is 3. The molecule has 1 aromatic heterocycles. The lowest BCUT2D eigenvalue weighted by Crippen LogP contribution is -2.15. The van der Waals surface area contributed by atoms with Crippen LogP contribution in [0.15, 0.2) is 107 Å². The second kappa shape index (κ2) is 10.7. The van der Waals surface area contributed by atoms with Crippen molar-refractivity contribution in [2.75, 3.05) is 17.3 Å². The molecule has 10 nitrogen and oxygen atoms in total. The Labute approximate surface area is 224 Å². The van der Waals surface area contributed by atoms with Crippen LogP contribution in [0, 0.1) is 10.1 Å². The fraction of sp³-hybridized carbons (Fsp3) is 0.0357. The Morgan fingerprint density at radius 3 is 2.38 bits per heavy atom. The van der Waals surface area contributed by atoms with Crippen LogP contribution in [0.4, 0.5) is 17.1 Å². The number of hydrogen-bond acceptors (Lipinski definition) is 7. The summed E-state index contributed by atoms with van der Waals surface area (Å²) in [6.07, 6.45) is 1.59. The van der Waals surface area contributed by atoms with Crippen LogP contribution < -0.4 is 14.9 Å². The van der Waals surface area contributed by atoms with E-state index < -0.39 is 14.9 Å². The average Bonchev–Trinajstić information content (AvgIpc) is 3.32. The molecule has 0 radical (unpaired) electrons. The van der Waals surface area contributed by atoms with Gasteiger partial charge < -0.3 is 9.72 Å². The van der Waals surface area contributed by atoms with E-state index in [2.05, 4.69) is 20.2 Å². The van der Waals surface area contributed by atoms with E-state index in [1.807, 2.05) is 54.6 Å². The lowest BCUT2D eigenvalue weighted by atomic mass is 10.1. The summed E-state index contributed by atoms with van der Waals surface area (Å²) in [6, 6.07) is 27.3. The zero-order valence-corrected chi connectivity index (χ0v) is 21.5. The zero-order valence-electron chi connectivity index (χ0n) is 20.7. The predicted molar refractivity (Wildman–Crippen MR) is 152 cm³/mol. The third kappa shape index (κ3) is 5.43. The summed E-state index contributed by atoms with van der Waals surface area (Å²) >= 11 is 0. The first-order chi connectivity index (χ1) is 18.9. The predicted octanol–water partition coefficient (Wildman–Crippen LogP) is 6.00. The Balaban J connectivity index is 1.50. The van der Waals surface area contributed by atoms with E-state index in [4.69, 9.17) is 4.74 Å². The lowest BCUT2D eigenvalue weighted by Gasteiger charge is -2.12. The molecular formula is C28H23N5O5S. The molecule has 0 fully saturated rings. The molecule has 3 N–H and O–H groups in total. The van der Waals surface area contributed by atoms with E-state index in [0.717, 1.165) is 33.8 Å². The van der Waals surface area contributed by atoms with Gasteiger partial charge in [-0.1, -0.05) is 48.5 Å². The van der Waals surface area contributed by atoms with E-state index in [1.165, 1.54) is 31.4 Å². The number of nitro groups is 1. The summed E-state index contributed by atoms with van der Waals surface area (Å²) in [4.78, 5) is 13.8. The fourth-order valence-electron chi connectivity index (χ4n) is 4.11. The number of nitrogens with zero attached hydrogens (tertiary/aromatic N) is 2. The smallest absolute Gasteiger partial charge is 0.270 e. The summed E-state index contributed by atoms with van der Waals surface area (Å²) in [7, 11) is -2.73. The van der Waals surface area contributed by atoms with Gasteiger partial charge in [0.05, 0.1) is 29.6 Å². The highest BCUT2D eigenvalue weighted by atomic mass is 32.2. The third-order valence-electron chi connectivity index (χ3n) is 6.00. The Morgan fingerprint density at radius 1 is 0.949 bits per heavy atom. The third-order valence-corrected chi connectivity index (χ3v) is 7.42. The van der Waals surface area contributed by atoms with Crippen LogP contribution in [0.3, 0.4) is 0 Å². The van der Waals surface area contributed by atoms with E-state index in [9.17, 15) is 18.5 Å². The first-order valence-electron chi connectivity index (χ1n) is 11.8. The second-order valence-corrected chi connectivity index (χ2v) is 10.1. The number of nitrogens with one attached hydrogen (secondary N) is 3. The number of methoxy groups -OCH3 is 1. The van der Waals surface area contributed by atoms with E-state index in [-0.39, 0.29) is 22.0 Å². The van der Waals surface area contributed by atoms with Gasteiger partial charge in [0.2, 0.25) is 0 Å². The lowest BCUT2D eigenvalue weighted by molar-refractivity contribution is -0.385. The maximum absolute atomic E-state index is 13.3. The van der Waals surface area contributed by atoms with E-state index in [0.29, 0.717) is 5.75 Å². The summed E-state index contributed by atoms with van der Waals surface area (Å²) < 4.78 is 34.1. The molecule has 0 spiro atoms. The molecule has 0 amide bonds. The maximum Gasteiger partial charge on any atom is 0.270 e. The summed E-state index contributed by atoms with van der Waals surface area (Å²) in [5.74, 6) is 0.553. The van der Waals surface area contributed by atoms with Gasteiger partial charge in [-0.05, 0) is 42.0 Å². The minimum Gasteiger partial charge on any atom is -0.497 e. The zero-order chi connectivity index (χ0) is 27.4. The van der Waals surface area contributed by atoms with Crippen molar-refractivity contribution in [3.8, 4) is 17.0 Å². The minimum absolute atomic E-state index is 0.0685. The van der Waals surface area contributed by atoms with Gasteiger partial charge in [-0.15, -0.1) is 0 Å². The van der Waals surface area contributed by atoms with Crippen molar-refractivity contribution < 1.29 is 18.1 Å². The normalized spacial score (nSPS) is 11.5. The molecule has 0 aliphatic heterocycles. The second-order valence-electron chi connectivity index (χ2n) is 8.47. The van der Waals surface area contributed by atoms with E-state index in [1.54, 1.807) is 18.3 Å². The molecule has 5 aromatic rings. The van der Waals surface area contributed by atoms with Crippen molar-refractivity contribution in [2.45, 2.75) is 4.90 Å². The van der Waals surface area contributed by atoms with Gasteiger partial charge in [-0.25, -0.2) is 8.42 Å². The van der Waals surface area contributed by atoms with Crippen molar-refractivity contribution in [3.05, 3.63) is 113 Å². The Bertz CT molecular complexity index is 1780. The van der Waals surface area contributed by atoms with Crippen LogP contribution in [0.2, 0.25) is 0 Å². The molecule has 1 heterocycles. The van der Waals surface area contributed by atoms with Crippen LogP contribution in [-0.4, -0.2) is 31.6 Å². The summed E-state index contributed by atoms with van der Waals surface area (Å²) in [6.45, 7) is 0. The van der Waals surface area contributed by atoms with Crippen LogP contribution in [0.25, 0.3) is 22.2 Å². The number of hydrazone groups is 1. The number of benzene rings is 4. The van der Waals surface area contributed by atoms with Gasteiger partial charge in [-0.2, -0.15) is 5.10 Å². The van der Waals surface area contributed by atoms with Crippen molar-refractivity contribution >= 4 is 44.2 Å². The monoisotopic (exact) mass is 541 g/mol. The molecular weight excluding hydrogens is 518 g/mol. The standard InChI is InChI=1S/C28H23N5O5S/c1-38-22-14-11-20(12-15-22)32-39(36,37)27-17-21(33(34)35)13-16-26(27)31-29-18-24-23-9-5-6-10-25(23)30-28(24)19-7-3-2-4-8-19/h2-18,30-32H,1H3/b29-18-. The molecule has 39 heavy (non-hydrogen) atoms. The molecule has 5 rings (SSSR count). The topological polar surface area (TPSA) is 139 Å². The number of fused-ring (bicyclic) bond motifs is 1. The molecule has 0 saturated carbocycles.